The largest absolute Gasteiger partial charge is 0.492 e. The molecule has 1 aromatic carbocycles. The van der Waals surface area contributed by atoms with Gasteiger partial charge in [-0.1, -0.05) is 11.6 Å². The van der Waals surface area contributed by atoms with Crippen LogP contribution in [0.4, 0.5) is 11.4 Å². The predicted octanol–water partition coefficient (Wildman–Crippen LogP) is 4.37. The Morgan fingerprint density at radius 2 is 2.19 bits per heavy atom. The third-order valence-corrected chi connectivity index (χ3v) is 3.96. The molecule has 2 N–H and O–H groups in total. The number of benzene rings is 1. The number of hydrogen-bond donors (Lipinski definition) is 2. The first-order valence-electron chi connectivity index (χ1n) is 6.60. The van der Waals surface area contributed by atoms with E-state index in [0.717, 1.165) is 16.3 Å². The SMILES string of the molecule is CCOc1ccc(NCc2sccc2NC(C)=O)cc1Cl. The Labute approximate surface area is 133 Å². The highest BCUT2D eigenvalue weighted by molar-refractivity contribution is 7.10. The monoisotopic (exact) mass is 324 g/mol. The summed E-state index contributed by atoms with van der Waals surface area (Å²) >= 11 is 7.74. The van der Waals surface area contributed by atoms with Gasteiger partial charge >= 0.3 is 0 Å². The van der Waals surface area contributed by atoms with Crippen LogP contribution >= 0.6 is 22.9 Å². The van der Waals surface area contributed by atoms with Crippen molar-refractivity contribution in [2.75, 3.05) is 17.2 Å². The standard InChI is InChI=1S/C15H17ClN2O2S/c1-3-20-14-5-4-11(8-12(14)16)17-9-15-13(6-7-21-15)18-10(2)19/h4-8,17H,3,9H2,1-2H3,(H,18,19). The molecule has 0 aliphatic rings. The van der Waals surface area contributed by atoms with Gasteiger partial charge in [-0.15, -0.1) is 11.3 Å². The Kier molecular flexibility index (Phi) is 5.47. The van der Waals surface area contributed by atoms with Crippen molar-refractivity contribution in [2.24, 2.45) is 0 Å². The van der Waals surface area contributed by atoms with Crippen LogP contribution in [0, 0.1) is 0 Å². The molecule has 0 atom stereocenters. The Balaban J connectivity index is 2.01. The van der Waals surface area contributed by atoms with Crippen LogP contribution in [-0.2, 0) is 11.3 Å². The van der Waals surface area contributed by atoms with Gasteiger partial charge in [0, 0.05) is 17.5 Å². The van der Waals surface area contributed by atoms with Gasteiger partial charge in [-0.25, -0.2) is 0 Å². The Hall–Kier alpha value is -1.72. The van der Waals surface area contributed by atoms with Crippen LogP contribution in [-0.4, -0.2) is 12.5 Å². The fourth-order valence-electron chi connectivity index (χ4n) is 1.84. The topological polar surface area (TPSA) is 50.4 Å². The summed E-state index contributed by atoms with van der Waals surface area (Å²) in [5, 5.41) is 8.63. The molecule has 0 bridgehead atoms. The summed E-state index contributed by atoms with van der Waals surface area (Å²) in [7, 11) is 0. The van der Waals surface area contributed by atoms with Crippen LogP contribution in [0.1, 0.15) is 18.7 Å². The zero-order chi connectivity index (χ0) is 15.2. The van der Waals surface area contributed by atoms with Crippen molar-refractivity contribution in [3.63, 3.8) is 0 Å². The zero-order valence-corrected chi connectivity index (χ0v) is 13.5. The summed E-state index contributed by atoms with van der Waals surface area (Å²) in [6.45, 7) is 4.63. The van der Waals surface area contributed by atoms with Crippen LogP contribution in [0.2, 0.25) is 5.02 Å². The van der Waals surface area contributed by atoms with Crippen molar-refractivity contribution in [3.05, 3.63) is 39.5 Å². The highest BCUT2D eigenvalue weighted by Gasteiger charge is 2.07. The maximum Gasteiger partial charge on any atom is 0.221 e. The van der Waals surface area contributed by atoms with Gasteiger partial charge in [-0.05, 0) is 36.6 Å². The zero-order valence-electron chi connectivity index (χ0n) is 11.9. The molecule has 0 aliphatic heterocycles. The van der Waals surface area contributed by atoms with E-state index in [0.29, 0.717) is 23.9 Å². The van der Waals surface area contributed by atoms with Gasteiger partial charge in [0.1, 0.15) is 5.75 Å². The van der Waals surface area contributed by atoms with Crippen molar-refractivity contribution < 1.29 is 9.53 Å². The molecule has 0 spiro atoms. The predicted molar refractivity (Wildman–Crippen MR) is 88.6 cm³/mol. The lowest BCUT2D eigenvalue weighted by Gasteiger charge is -2.10. The number of carbonyl (C=O) groups is 1. The van der Waals surface area contributed by atoms with Crippen LogP contribution in [0.5, 0.6) is 5.75 Å². The third kappa shape index (κ3) is 4.37. The minimum absolute atomic E-state index is 0.0706. The second-order valence-corrected chi connectivity index (χ2v) is 5.78. The van der Waals surface area contributed by atoms with E-state index in [1.54, 1.807) is 11.3 Å². The molecule has 1 heterocycles. The van der Waals surface area contributed by atoms with E-state index >= 15 is 0 Å². The third-order valence-electron chi connectivity index (χ3n) is 2.74. The molecule has 0 unspecified atom stereocenters. The lowest BCUT2D eigenvalue weighted by molar-refractivity contribution is -0.114. The van der Waals surface area contributed by atoms with E-state index < -0.39 is 0 Å². The number of halogens is 1. The van der Waals surface area contributed by atoms with Crippen LogP contribution in [0.25, 0.3) is 0 Å². The van der Waals surface area contributed by atoms with E-state index in [2.05, 4.69) is 10.6 Å². The molecule has 2 rings (SSSR count). The molecule has 0 saturated heterocycles. The Bertz CT molecular complexity index is 628. The first-order valence-corrected chi connectivity index (χ1v) is 7.86. The maximum absolute atomic E-state index is 11.1. The van der Waals surface area contributed by atoms with Gasteiger partial charge in [0.2, 0.25) is 5.91 Å². The molecule has 0 saturated carbocycles. The molecule has 6 heteroatoms. The summed E-state index contributed by atoms with van der Waals surface area (Å²) in [5.74, 6) is 0.610. The molecular weight excluding hydrogens is 308 g/mol. The highest BCUT2D eigenvalue weighted by Crippen LogP contribution is 2.29. The van der Waals surface area contributed by atoms with Crippen molar-refractivity contribution >= 4 is 40.2 Å². The summed E-state index contributed by atoms with van der Waals surface area (Å²) in [4.78, 5) is 12.2. The smallest absolute Gasteiger partial charge is 0.221 e. The average Bonchev–Trinajstić information content (AvgIpc) is 2.86. The number of anilines is 2. The van der Waals surface area contributed by atoms with Crippen molar-refractivity contribution in [3.8, 4) is 5.75 Å². The minimum atomic E-state index is -0.0706. The summed E-state index contributed by atoms with van der Waals surface area (Å²) < 4.78 is 5.40. The molecular formula is C15H17ClN2O2S. The molecule has 0 radical (unpaired) electrons. The molecule has 2 aromatic rings. The highest BCUT2D eigenvalue weighted by atomic mass is 35.5. The molecule has 1 amide bonds. The maximum atomic E-state index is 11.1. The second kappa shape index (κ2) is 7.33. The van der Waals surface area contributed by atoms with E-state index in [-0.39, 0.29) is 5.91 Å². The van der Waals surface area contributed by atoms with Crippen LogP contribution in [0.3, 0.4) is 0 Å². The molecule has 1 aromatic heterocycles. The summed E-state index contributed by atoms with van der Waals surface area (Å²) in [5.41, 5.74) is 1.75. The fraction of sp³-hybridized carbons (Fsp3) is 0.267. The van der Waals surface area contributed by atoms with E-state index in [4.69, 9.17) is 16.3 Å². The van der Waals surface area contributed by atoms with Gasteiger partial charge in [0.15, 0.2) is 0 Å². The molecule has 112 valence electrons. The van der Waals surface area contributed by atoms with Gasteiger partial charge in [-0.3, -0.25) is 4.79 Å². The number of thiophene rings is 1. The lowest BCUT2D eigenvalue weighted by atomic mass is 10.3. The van der Waals surface area contributed by atoms with Crippen molar-refractivity contribution in [2.45, 2.75) is 20.4 Å². The first kappa shape index (κ1) is 15.7. The number of carbonyl (C=O) groups excluding carboxylic acids is 1. The van der Waals surface area contributed by atoms with E-state index in [9.17, 15) is 4.79 Å². The molecule has 0 aliphatic carbocycles. The number of hydrogen-bond acceptors (Lipinski definition) is 4. The second-order valence-electron chi connectivity index (χ2n) is 4.37. The number of amides is 1. The fourth-order valence-corrected chi connectivity index (χ4v) is 2.85. The Morgan fingerprint density at radius 1 is 1.38 bits per heavy atom. The molecule has 4 nitrogen and oxygen atoms in total. The normalized spacial score (nSPS) is 10.2. The summed E-state index contributed by atoms with van der Waals surface area (Å²) in [6.07, 6.45) is 0. The van der Waals surface area contributed by atoms with Crippen molar-refractivity contribution in [1.82, 2.24) is 0 Å². The number of ether oxygens (including phenoxy) is 1. The lowest BCUT2D eigenvalue weighted by Crippen LogP contribution is -2.08. The van der Waals surface area contributed by atoms with Crippen LogP contribution in [0.15, 0.2) is 29.6 Å². The van der Waals surface area contributed by atoms with E-state index in [1.807, 2.05) is 36.6 Å². The van der Waals surface area contributed by atoms with Gasteiger partial charge in [0.25, 0.3) is 0 Å². The molecule has 0 fully saturated rings. The van der Waals surface area contributed by atoms with Gasteiger partial charge < -0.3 is 15.4 Å². The van der Waals surface area contributed by atoms with Crippen LogP contribution < -0.4 is 15.4 Å². The van der Waals surface area contributed by atoms with Gasteiger partial charge in [-0.2, -0.15) is 0 Å². The number of rotatable bonds is 6. The van der Waals surface area contributed by atoms with Crippen molar-refractivity contribution in [1.29, 1.82) is 0 Å². The molecule has 21 heavy (non-hydrogen) atoms. The minimum Gasteiger partial charge on any atom is -0.492 e. The first-order chi connectivity index (χ1) is 10.1. The average molecular weight is 325 g/mol. The Morgan fingerprint density at radius 3 is 2.86 bits per heavy atom. The quantitative estimate of drug-likeness (QED) is 0.829. The van der Waals surface area contributed by atoms with E-state index in [1.165, 1.54) is 6.92 Å². The number of nitrogens with one attached hydrogen (secondary N) is 2. The summed E-state index contributed by atoms with van der Waals surface area (Å²) in [6, 6.07) is 7.49. The van der Waals surface area contributed by atoms with Gasteiger partial charge in [0.05, 0.1) is 23.9 Å².